The molecule has 0 amide bonds. The lowest BCUT2D eigenvalue weighted by Gasteiger charge is -2.09. The lowest BCUT2D eigenvalue weighted by molar-refractivity contribution is -0.384. The summed E-state index contributed by atoms with van der Waals surface area (Å²) in [5, 5.41) is 10.4. The standard InChI is InChI=1S/C11H16N2O2/c1-2-3-10(12)8-9-4-6-11(7-5-9)13(14)15/h4-7,10H,2-3,8,12H2,1H3. The quantitative estimate of drug-likeness (QED) is 0.596. The monoisotopic (exact) mass is 208 g/mol. The van der Waals surface area contributed by atoms with Crippen LogP contribution in [0.3, 0.4) is 0 Å². The normalized spacial score (nSPS) is 12.4. The molecule has 0 bridgehead atoms. The number of nitro groups is 1. The minimum atomic E-state index is -0.393. The summed E-state index contributed by atoms with van der Waals surface area (Å²) in [7, 11) is 0. The van der Waals surface area contributed by atoms with Crippen LogP contribution in [0.2, 0.25) is 0 Å². The van der Waals surface area contributed by atoms with Gasteiger partial charge in [0.05, 0.1) is 4.92 Å². The van der Waals surface area contributed by atoms with Gasteiger partial charge >= 0.3 is 0 Å². The molecule has 0 radical (unpaired) electrons. The maximum absolute atomic E-state index is 10.4. The molecule has 4 nitrogen and oxygen atoms in total. The maximum atomic E-state index is 10.4. The summed E-state index contributed by atoms with van der Waals surface area (Å²) in [5.74, 6) is 0. The van der Waals surface area contributed by atoms with E-state index in [0.717, 1.165) is 24.8 Å². The fourth-order valence-electron chi connectivity index (χ4n) is 1.53. The van der Waals surface area contributed by atoms with Crippen LogP contribution in [0.15, 0.2) is 24.3 Å². The van der Waals surface area contributed by atoms with E-state index >= 15 is 0 Å². The molecule has 2 N–H and O–H groups in total. The summed E-state index contributed by atoms with van der Waals surface area (Å²) in [5.41, 5.74) is 7.06. The van der Waals surface area contributed by atoms with Gasteiger partial charge in [-0.05, 0) is 18.4 Å². The zero-order valence-electron chi connectivity index (χ0n) is 8.85. The van der Waals surface area contributed by atoms with Crippen molar-refractivity contribution in [2.75, 3.05) is 0 Å². The van der Waals surface area contributed by atoms with Crippen LogP contribution in [-0.2, 0) is 6.42 Å². The largest absolute Gasteiger partial charge is 0.327 e. The molecule has 1 unspecified atom stereocenters. The Bertz CT molecular complexity index is 322. The molecular weight excluding hydrogens is 192 g/mol. The van der Waals surface area contributed by atoms with Crippen molar-refractivity contribution in [1.82, 2.24) is 0 Å². The van der Waals surface area contributed by atoms with Gasteiger partial charge in [0.2, 0.25) is 0 Å². The topological polar surface area (TPSA) is 69.2 Å². The summed E-state index contributed by atoms with van der Waals surface area (Å²) in [4.78, 5) is 10.0. The zero-order valence-corrected chi connectivity index (χ0v) is 8.85. The number of benzene rings is 1. The highest BCUT2D eigenvalue weighted by Crippen LogP contribution is 2.13. The summed E-state index contributed by atoms with van der Waals surface area (Å²) in [6.07, 6.45) is 2.83. The number of rotatable bonds is 5. The van der Waals surface area contributed by atoms with Crippen LogP contribution in [0.25, 0.3) is 0 Å². The molecule has 4 heteroatoms. The van der Waals surface area contributed by atoms with Crippen LogP contribution in [0.1, 0.15) is 25.3 Å². The van der Waals surface area contributed by atoms with E-state index in [4.69, 9.17) is 5.73 Å². The number of nitrogens with two attached hydrogens (primary N) is 1. The Morgan fingerprint density at radius 3 is 2.47 bits per heavy atom. The molecule has 0 saturated heterocycles. The second kappa shape index (κ2) is 5.46. The Kier molecular flexibility index (Phi) is 4.24. The molecule has 0 fully saturated rings. The van der Waals surface area contributed by atoms with Crippen molar-refractivity contribution in [2.24, 2.45) is 5.73 Å². The summed E-state index contributed by atoms with van der Waals surface area (Å²) in [6, 6.07) is 6.74. The van der Waals surface area contributed by atoms with Gasteiger partial charge in [0.15, 0.2) is 0 Å². The predicted molar refractivity (Wildman–Crippen MR) is 59.7 cm³/mol. The highest BCUT2D eigenvalue weighted by atomic mass is 16.6. The van der Waals surface area contributed by atoms with Gasteiger partial charge in [0.25, 0.3) is 5.69 Å². The summed E-state index contributed by atoms with van der Waals surface area (Å²) < 4.78 is 0. The average Bonchev–Trinajstić information content (AvgIpc) is 2.18. The third-order valence-electron chi connectivity index (χ3n) is 2.30. The van der Waals surface area contributed by atoms with Gasteiger partial charge in [0, 0.05) is 18.2 Å². The van der Waals surface area contributed by atoms with Gasteiger partial charge in [-0.25, -0.2) is 0 Å². The Labute approximate surface area is 89.2 Å². The van der Waals surface area contributed by atoms with Crippen LogP contribution in [-0.4, -0.2) is 11.0 Å². The van der Waals surface area contributed by atoms with Gasteiger partial charge in [-0.3, -0.25) is 10.1 Å². The highest BCUT2D eigenvalue weighted by Gasteiger charge is 2.06. The van der Waals surface area contributed by atoms with E-state index in [-0.39, 0.29) is 11.7 Å². The molecule has 0 heterocycles. The van der Waals surface area contributed by atoms with Crippen molar-refractivity contribution >= 4 is 5.69 Å². The molecule has 82 valence electrons. The van der Waals surface area contributed by atoms with E-state index in [2.05, 4.69) is 6.92 Å². The molecule has 0 aliphatic rings. The molecule has 0 spiro atoms. The van der Waals surface area contributed by atoms with Crippen molar-refractivity contribution in [1.29, 1.82) is 0 Å². The van der Waals surface area contributed by atoms with E-state index < -0.39 is 4.92 Å². The highest BCUT2D eigenvalue weighted by molar-refractivity contribution is 5.33. The van der Waals surface area contributed by atoms with E-state index in [1.165, 1.54) is 12.1 Å². The molecule has 1 rings (SSSR count). The van der Waals surface area contributed by atoms with Gasteiger partial charge in [-0.15, -0.1) is 0 Å². The smallest absolute Gasteiger partial charge is 0.269 e. The lowest BCUT2D eigenvalue weighted by atomic mass is 10.0. The Morgan fingerprint density at radius 2 is 2.00 bits per heavy atom. The van der Waals surface area contributed by atoms with Gasteiger partial charge in [0.1, 0.15) is 0 Å². The molecule has 0 aromatic heterocycles. The molecule has 1 aromatic carbocycles. The van der Waals surface area contributed by atoms with E-state index in [1.54, 1.807) is 12.1 Å². The van der Waals surface area contributed by atoms with Gasteiger partial charge in [-0.1, -0.05) is 25.5 Å². The minimum absolute atomic E-state index is 0.128. The average molecular weight is 208 g/mol. The number of non-ortho nitro benzene ring substituents is 1. The number of hydrogen-bond donors (Lipinski definition) is 1. The van der Waals surface area contributed by atoms with Crippen molar-refractivity contribution in [3.05, 3.63) is 39.9 Å². The SMILES string of the molecule is CCCC(N)Cc1ccc([N+](=O)[O-])cc1. The second-order valence-corrected chi connectivity index (χ2v) is 3.68. The first-order valence-corrected chi connectivity index (χ1v) is 5.12. The molecule has 1 aromatic rings. The first-order valence-electron chi connectivity index (χ1n) is 5.12. The van der Waals surface area contributed by atoms with Gasteiger partial charge in [-0.2, -0.15) is 0 Å². The molecule has 1 atom stereocenters. The molecule has 0 saturated carbocycles. The second-order valence-electron chi connectivity index (χ2n) is 3.68. The molecule has 15 heavy (non-hydrogen) atoms. The zero-order chi connectivity index (χ0) is 11.3. The van der Waals surface area contributed by atoms with E-state index in [9.17, 15) is 10.1 Å². The fraction of sp³-hybridized carbons (Fsp3) is 0.455. The van der Waals surface area contributed by atoms with E-state index in [1.807, 2.05) is 0 Å². The van der Waals surface area contributed by atoms with Crippen LogP contribution >= 0.6 is 0 Å². The first kappa shape index (κ1) is 11.7. The maximum Gasteiger partial charge on any atom is 0.269 e. The van der Waals surface area contributed by atoms with Crippen LogP contribution in [0.5, 0.6) is 0 Å². The number of nitro benzene ring substituents is 1. The first-order chi connectivity index (χ1) is 7.13. The Morgan fingerprint density at radius 1 is 1.40 bits per heavy atom. The minimum Gasteiger partial charge on any atom is -0.327 e. The Hall–Kier alpha value is -1.42. The van der Waals surface area contributed by atoms with Crippen molar-refractivity contribution in [3.63, 3.8) is 0 Å². The summed E-state index contributed by atoms with van der Waals surface area (Å²) >= 11 is 0. The lowest BCUT2D eigenvalue weighted by Crippen LogP contribution is -2.22. The molecular formula is C11H16N2O2. The third kappa shape index (κ3) is 3.67. The Balaban J connectivity index is 2.60. The number of hydrogen-bond acceptors (Lipinski definition) is 3. The summed E-state index contributed by atoms with van der Waals surface area (Å²) in [6.45, 7) is 2.09. The third-order valence-corrected chi connectivity index (χ3v) is 2.30. The molecule has 0 aliphatic heterocycles. The van der Waals surface area contributed by atoms with Crippen LogP contribution in [0, 0.1) is 10.1 Å². The van der Waals surface area contributed by atoms with Crippen molar-refractivity contribution in [2.45, 2.75) is 32.2 Å². The number of nitrogens with zero attached hydrogens (tertiary/aromatic N) is 1. The van der Waals surface area contributed by atoms with Gasteiger partial charge < -0.3 is 5.73 Å². The van der Waals surface area contributed by atoms with Crippen LogP contribution < -0.4 is 5.73 Å². The predicted octanol–water partition coefficient (Wildman–Crippen LogP) is 2.26. The van der Waals surface area contributed by atoms with Crippen LogP contribution in [0.4, 0.5) is 5.69 Å². The molecule has 0 aliphatic carbocycles. The van der Waals surface area contributed by atoms with Crippen molar-refractivity contribution < 1.29 is 4.92 Å². The van der Waals surface area contributed by atoms with Crippen molar-refractivity contribution in [3.8, 4) is 0 Å². The fourth-order valence-corrected chi connectivity index (χ4v) is 1.53. The van der Waals surface area contributed by atoms with E-state index in [0.29, 0.717) is 0 Å².